The van der Waals surface area contributed by atoms with E-state index in [0.29, 0.717) is 19.5 Å². The van der Waals surface area contributed by atoms with Crippen LogP contribution >= 0.6 is 0 Å². The van der Waals surface area contributed by atoms with Crippen LogP contribution in [0.2, 0.25) is 0 Å². The Balaban J connectivity index is 1.91. The zero-order valence-corrected chi connectivity index (χ0v) is 13.2. The number of amides is 1. The first-order chi connectivity index (χ1) is 11.1. The van der Waals surface area contributed by atoms with Crippen molar-refractivity contribution in [3.8, 4) is 0 Å². The van der Waals surface area contributed by atoms with Crippen LogP contribution in [-0.4, -0.2) is 27.3 Å². The molecule has 0 aliphatic carbocycles. The quantitative estimate of drug-likeness (QED) is 0.802. The SMILES string of the molecule is CCCn1nc(C(=O)NCCc2ccc(CO)cc2)ccc1=O. The summed E-state index contributed by atoms with van der Waals surface area (Å²) in [7, 11) is 0. The smallest absolute Gasteiger partial charge is 0.271 e. The van der Waals surface area contributed by atoms with Gasteiger partial charge in [0, 0.05) is 19.2 Å². The van der Waals surface area contributed by atoms with Crippen LogP contribution in [0.1, 0.15) is 35.0 Å². The van der Waals surface area contributed by atoms with Gasteiger partial charge in [0.25, 0.3) is 11.5 Å². The summed E-state index contributed by atoms with van der Waals surface area (Å²) in [5.74, 6) is -0.290. The first kappa shape index (κ1) is 16.9. The van der Waals surface area contributed by atoms with Crippen LogP contribution in [0.5, 0.6) is 0 Å². The second-order valence-corrected chi connectivity index (χ2v) is 5.26. The maximum Gasteiger partial charge on any atom is 0.271 e. The van der Waals surface area contributed by atoms with Gasteiger partial charge in [-0.1, -0.05) is 31.2 Å². The van der Waals surface area contributed by atoms with E-state index in [1.165, 1.54) is 16.8 Å². The number of hydrogen-bond acceptors (Lipinski definition) is 4. The Hall–Kier alpha value is -2.47. The van der Waals surface area contributed by atoms with E-state index in [0.717, 1.165) is 17.5 Å². The standard InChI is InChI=1S/C17H21N3O3/c1-2-11-20-16(22)8-7-15(19-20)17(23)18-10-9-13-3-5-14(12-21)6-4-13/h3-8,21H,2,9-12H2,1H3,(H,18,23). The van der Waals surface area contributed by atoms with Gasteiger partial charge in [-0.2, -0.15) is 5.10 Å². The Morgan fingerprint density at radius 2 is 1.87 bits per heavy atom. The summed E-state index contributed by atoms with van der Waals surface area (Å²) < 4.78 is 1.31. The van der Waals surface area contributed by atoms with Crippen LogP contribution in [0.25, 0.3) is 0 Å². The lowest BCUT2D eigenvalue weighted by molar-refractivity contribution is 0.0946. The van der Waals surface area contributed by atoms with Crippen molar-refractivity contribution in [1.29, 1.82) is 0 Å². The van der Waals surface area contributed by atoms with Crippen LogP contribution in [-0.2, 0) is 19.6 Å². The molecule has 1 amide bonds. The molecule has 6 nitrogen and oxygen atoms in total. The molecule has 1 aromatic carbocycles. The van der Waals surface area contributed by atoms with Crippen LogP contribution in [0.4, 0.5) is 0 Å². The van der Waals surface area contributed by atoms with Gasteiger partial charge in [0.05, 0.1) is 6.61 Å². The summed E-state index contributed by atoms with van der Waals surface area (Å²) in [5.41, 5.74) is 1.98. The summed E-state index contributed by atoms with van der Waals surface area (Å²) in [4.78, 5) is 23.7. The van der Waals surface area contributed by atoms with Crippen LogP contribution in [0.15, 0.2) is 41.2 Å². The largest absolute Gasteiger partial charge is 0.392 e. The number of benzene rings is 1. The number of carbonyl (C=O) groups excluding carboxylic acids is 1. The normalized spacial score (nSPS) is 10.5. The van der Waals surface area contributed by atoms with Gasteiger partial charge in [-0.25, -0.2) is 4.68 Å². The first-order valence-corrected chi connectivity index (χ1v) is 7.69. The number of aliphatic hydroxyl groups is 1. The Kier molecular flexibility index (Phi) is 6.05. The van der Waals surface area contributed by atoms with E-state index in [-0.39, 0.29) is 23.8 Å². The van der Waals surface area contributed by atoms with E-state index in [2.05, 4.69) is 10.4 Å². The summed E-state index contributed by atoms with van der Waals surface area (Å²) >= 11 is 0. The van der Waals surface area contributed by atoms with E-state index in [1.807, 2.05) is 31.2 Å². The lowest BCUT2D eigenvalue weighted by Crippen LogP contribution is -2.30. The van der Waals surface area contributed by atoms with Crippen molar-refractivity contribution >= 4 is 5.91 Å². The van der Waals surface area contributed by atoms with E-state index >= 15 is 0 Å². The Morgan fingerprint density at radius 1 is 1.17 bits per heavy atom. The lowest BCUT2D eigenvalue weighted by Gasteiger charge is -2.07. The van der Waals surface area contributed by atoms with Crippen molar-refractivity contribution < 1.29 is 9.90 Å². The van der Waals surface area contributed by atoms with Crippen molar-refractivity contribution in [3.63, 3.8) is 0 Å². The van der Waals surface area contributed by atoms with E-state index in [4.69, 9.17) is 5.11 Å². The predicted octanol–water partition coefficient (Wildman–Crippen LogP) is 1.12. The molecule has 0 aliphatic heterocycles. The van der Waals surface area contributed by atoms with Crippen LogP contribution in [0, 0.1) is 0 Å². The minimum Gasteiger partial charge on any atom is -0.392 e. The van der Waals surface area contributed by atoms with Crippen molar-refractivity contribution in [2.75, 3.05) is 6.54 Å². The highest BCUT2D eigenvalue weighted by molar-refractivity contribution is 5.91. The molecule has 1 aromatic heterocycles. The Bertz CT molecular complexity index is 708. The summed E-state index contributed by atoms with van der Waals surface area (Å²) in [6.07, 6.45) is 1.47. The molecule has 1 heterocycles. The third-order valence-electron chi connectivity index (χ3n) is 3.44. The summed E-state index contributed by atoms with van der Waals surface area (Å²) in [6.45, 7) is 2.95. The number of rotatable bonds is 7. The third-order valence-corrected chi connectivity index (χ3v) is 3.44. The second-order valence-electron chi connectivity index (χ2n) is 5.26. The zero-order valence-electron chi connectivity index (χ0n) is 13.2. The number of nitrogens with zero attached hydrogens (tertiary/aromatic N) is 2. The van der Waals surface area contributed by atoms with Gasteiger partial charge in [-0.15, -0.1) is 0 Å². The van der Waals surface area contributed by atoms with Crippen molar-refractivity contribution in [1.82, 2.24) is 15.1 Å². The average molecular weight is 315 g/mol. The van der Waals surface area contributed by atoms with Crippen molar-refractivity contribution in [2.24, 2.45) is 0 Å². The fourth-order valence-electron chi connectivity index (χ4n) is 2.16. The molecule has 2 N–H and O–H groups in total. The average Bonchev–Trinajstić information content (AvgIpc) is 2.57. The maximum atomic E-state index is 12.1. The first-order valence-electron chi connectivity index (χ1n) is 7.69. The molecule has 2 aromatic rings. The van der Waals surface area contributed by atoms with Gasteiger partial charge in [-0.3, -0.25) is 9.59 Å². The monoisotopic (exact) mass is 315 g/mol. The van der Waals surface area contributed by atoms with Gasteiger partial charge in [0.15, 0.2) is 0 Å². The molecule has 0 atom stereocenters. The minimum atomic E-state index is -0.290. The number of carbonyl (C=O) groups is 1. The molecule has 0 saturated carbocycles. The van der Waals surface area contributed by atoms with E-state index < -0.39 is 0 Å². The summed E-state index contributed by atoms with van der Waals surface area (Å²) in [6, 6.07) is 10.4. The summed E-state index contributed by atoms with van der Waals surface area (Å²) in [5, 5.41) is 15.9. The molecule has 0 bridgehead atoms. The molecular weight excluding hydrogens is 294 g/mol. The van der Waals surface area contributed by atoms with Crippen LogP contribution in [0.3, 0.4) is 0 Å². The molecule has 23 heavy (non-hydrogen) atoms. The molecule has 0 radical (unpaired) electrons. The highest BCUT2D eigenvalue weighted by Gasteiger charge is 2.08. The van der Waals surface area contributed by atoms with E-state index in [1.54, 1.807) is 0 Å². The Labute approximate surface area is 134 Å². The van der Waals surface area contributed by atoms with Gasteiger partial charge in [0.1, 0.15) is 5.69 Å². The van der Waals surface area contributed by atoms with Crippen molar-refractivity contribution in [3.05, 3.63) is 63.6 Å². The van der Waals surface area contributed by atoms with Gasteiger partial charge in [-0.05, 0) is 30.0 Å². The third kappa shape index (κ3) is 4.75. The van der Waals surface area contributed by atoms with Gasteiger partial charge < -0.3 is 10.4 Å². The van der Waals surface area contributed by atoms with Crippen LogP contribution < -0.4 is 10.9 Å². The topological polar surface area (TPSA) is 84.2 Å². The zero-order chi connectivity index (χ0) is 16.7. The molecule has 0 aliphatic rings. The predicted molar refractivity (Wildman–Crippen MR) is 87.2 cm³/mol. The molecule has 6 heteroatoms. The van der Waals surface area contributed by atoms with Crippen molar-refractivity contribution in [2.45, 2.75) is 32.9 Å². The van der Waals surface area contributed by atoms with Gasteiger partial charge >= 0.3 is 0 Å². The molecular formula is C17H21N3O3. The van der Waals surface area contributed by atoms with E-state index in [9.17, 15) is 9.59 Å². The number of aromatic nitrogens is 2. The highest BCUT2D eigenvalue weighted by Crippen LogP contribution is 2.04. The van der Waals surface area contributed by atoms with Gasteiger partial charge in [0.2, 0.25) is 0 Å². The molecule has 122 valence electrons. The lowest BCUT2D eigenvalue weighted by atomic mass is 10.1. The fourth-order valence-corrected chi connectivity index (χ4v) is 2.16. The molecule has 0 fully saturated rings. The molecule has 2 rings (SSSR count). The molecule has 0 unspecified atom stereocenters. The molecule has 0 spiro atoms. The fraction of sp³-hybridized carbons (Fsp3) is 0.353. The number of nitrogens with one attached hydrogen (secondary N) is 1. The number of aryl methyl sites for hydroxylation is 1. The Morgan fingerprint density at radius 3 is 2.52 bits per heavy atom. The molecule has 0 saturated heterocycles. The highest BCUT2D eigenvalue weighted by atomic mass is 16.3. The number of hydrogen-bond donors (Lipinski definition) is 2. The maximum absolute atomic E-state index is 12.1. The number of aliphatic hydroxyl groups excluding tert-OH is 1. The minimum absolute atomic E-state index is 0.0240. The second kappa shape index (κ2) is 8.24.